The van der Waals surface area contributed by atoms with Crippen LogP contribution in [-0.2, 0) is 17.5 Å². The number of rotatable bonds is 5. The molecule has 150 valence electrons. The fourth-order valence-corrected chi connectivity index (χ4v) is 2.79. The Bertz CT molecular complexity index is 564. The maximum Gasteiger partial charge on any atom is 0.416 e. The van der Waals surface area contributed by atoms with E-state index in [4.69, 9.17) is 5.73 Å². The molecule has 1 amide bonds. The summed E-state index contributed by atoms with van der Waals surface area (Å²) in [5.74, 6) is -0.234. The molecule has 0 saturated carbocycles. The Balaban J connectivity index is 0.00000312. The SMILES string of the molecule is CC(CN)C(=O)NC1CCN(Cc2cccc(C(F)(F)F)c2)CC1.Cl.Cl. The second-order valence-electron chi connectivity index (χ2n) is 6.39. The van der Waals surface area contributed by atoms with Gasteiger partial charge in [0.05, 0.1) is 5.56 Å². The predicted molar refractivity (Wildman–Crippen MR) is 101 cm³/mol. The molecule has 2 rings (SSSR count). The average Bonchev–Trinajstić information content (AvgIpc) is 2.55. The van der Waals surface area contributed by atoms with Gasteiger partial charge >= 0.3 is 6.18 Å². The number of hydrogen-bond acceptors (Lipinski definition) is 3. The molecule has 3 N–H and O–H groups in total. The number of nitrogens with one attached hydrogen (secondary N) is 1. The molecule has 0 bridgehead atoms. The van der Waals surface area contributed by atoms with E-state index in [9.17, 15) is 18.0 Å². The fourth-order valence-electron chi connectivity index (χ4n) is 2.79. The number of hydrogen-bond donors (Lipinski definition) is 2. The van der Waals surface area contributed by atoms with Crippen LogP contribution in [0.5, 0.6) is 0 Å². The number of piperidine rings is 1. The molecule has 0 aromatic heterocycles. The number of amides is 1. The number of alkyl halides is 3. The second-order valence-corrected chi connectivity index (χ2v) is 6.39. The van der Waals surface area contributed by atoms with Gasteiger partial charge in [0, 0.05) is 38.1 Å². The van der Waals surface area contributed by atoms with Gasteiger partial charge in [0.2, 0.25) is 5.91 Å². The molecule has 1 aromatic carbocycles. The van der Waals surface area contributed by atoms with Crippen LogP contribution in [0.4, 0.5) is 13.2 Å². The lowest BCUT2D eigenvalue weighted by Crippen LogP contribution is -2.46. The van der Waals surface area contributed by atoms with E-state index in [2.05, 4.69) is 10.2 Å². The van der Waals surface area contributed by atoms with Gasteiger partial charge in [-0.1, -0.05) is 25.1 Å². The van der Waals surface area contributed by atoms with Crippen LogP contribution in [0, 0.1) is 5.92 Å². The van der Waals surface area contributed by atoms with Gasteiger partial charge < -0.3 is 11.1 Å². The van der Waals surface area contributed by atoms with Crippen molar-refractivity contribution in [1.82, 2.24) is 10.2 Å². The predicted octanol–water partition coefficient (Wildman–Crippen LogP) is 3.22. The highest BCUT2D eigenvalue weighted by molar-refractivity contribution is 5.85. The number of carbonyl (C=O) groups is 1. The van der Waals surface area contributed by atoms with Gasteiger partial charge in [-0.15, -0.1) is 24.8 Å². The van der Waals surface area contributed by atoms with Crippen molar-refractivity contribution in [3.8, 4) is 0 Å². The van der Waals surface area contributed by atoms with Crippen LogP contribution in [0.25, 0.3) is 0 Å². The molecule has 1 aliphatic rings. The van der Waals surface area contributed by atoms with Crippen LogP contribution >= 0.6 is 24.8 Å². The number of benzene rings is 1. The summed E-state index contributed by atoms with van der Waals surface area (Å²) in [5, 5.41) is 2.99. The summed E-state index contributed by atoms with van der Waals surface area (Å²) >= 11 is 0. The lowest BCUT2D eigenvalue weighted by molar-refractivity contribution is -0.137. The largest absolute Gasteiger partial charge is 0.416 e. The molecule has 1 heterocycles. The van der Waals surface area contributed by atoms with Gasteiger partial charge in [0.25, 0.3) is 0 Å². The van der Waals surface area contributed by atoms with Crippen molar-refractivity contribution in [2.45, 2.75) is 38.5 Å². The highest BCUT2D eigenvalue weighted by atomic mass is 35.5. The monoisotopic (exact) mass is 415 g/mol. The van der Waals surface area contributed by atoms with E-state index in [1.807, 2.05) is 0 Å². The van der Waals surface area contributed by atoms with E-state index in [0.717, 1.165) is 32.0 Å². The van der Waals surface area contributed by atoms with Crippen molar-refractivity contribution in [3.63, 3.8) is 0 Å². The number of carbonyl (C=O) groups excluding carboxylic acids is 1. The zero-order chi connectivity index (χ0) is 17.7. The average molecular weight is 416 g/mol. The van der Waals surface area contributed by atoms with E-state index in [1.54, 1.807) is 13.0 Å². The summed E-state index contributed by atoms with van der Waals surface area (Å²) in [5.41, 5.74) is 5.52. The van der Waals surface area contributed by atoms with Gasteiger partial charge in [-0.3, -0.25) is 9.69 Å². The Morgan fingerprint density at radius 2 is 1.92 bits per heavy atom. The molecule has 4 nitrogen and oxygen atoms in total. The third-order valence-electron chi connectivity index (χ3n) is 4.40. The molecule has 0 radical (unpaired) electrons. The number of likely N-dealkylation sites (tertiary alicyclic amines) is 1. The summed E-state index contributed by atoms with van der Waals surface area (Å²) < 4.78 is 38.3. The van der Waals surface area contributed by atoms with Crippen molar-refractivity contribution in [2.75, 3.05) is 19.6 Å². The molecule has 1 atom stereocenters. The maximum atomic E-state index is 12.8. The standard InChI is InChI=1S/C17H24F3N3O.2ClH/c1-12(10-21)16(24)22-15-5-7-23(8-6-15)11-13-3-2-4-14(9-13)17(18,19)20;;/h2-4,9,12,15H,5-8,10-11,21H2,1H3,(H,22,24);2*1H. The van der Waals surface area contributed by atoms with Gasteiger partial charge in [-0.2, -0.15) is 13.2 Å². The third-order valence-corrected chi connectivity index (χ3v) is 4.40. The minimum absolute atomic E-state index is 0. The van der Waals surface area contributed by atoms with Crippen LogP contribution in [-0.4, -0.2) is 36.5 Å². The first kappa shape index (κ1) is 25.0. The number of nitrogens with two attached hydrogens (primary N) is 1. The van der Waals surface area contributed by atoms with E-state index in [1.165, 1.54) is 12.1 Å². The second kappa shape index (κ2) is 11.0. The lowest BCUT2D eigenvalue weighted by atomic mass is 10.0. The summed E-state index contributed by atoms with van der Waals surface area (Å²) in [7, 11) is 0. The van der Waals surface area contributed by atoms with Gasteiger partial charge in [0.15, 0.2) is 0 Å². The third kappa shape index (κ3) is 7.31. The Kier molecular flexibility index (Phi) is 10.5. The number of halogens is 5. The van der Waals surface area contributed by atoms with Gasteiger partial charge in [-0.05, 0) is 24.5 Å². The zero-order valence-corrected chi connectivity index (χ0v) is 16.2. The first-order chi connectivity index (χ1) is 11.3. The smallest absolute Gasteiger partial charge is 0.353 e. The Morgan fingerprint density at radius 3 is 2.46 bits per heavy atom. The minimum atomic E-state index is -4.31. The summed E-state index contributed by atoms with van der Waals surface area (Å²) in [6, 6.07) is 5.57. The van der Waals surface area contributed by atoms with Crippen LogP contribution in [0.1, 0.15) is 30.9 Å². The molecular weight excluding hydrogens is 390 g/mol. The van der Waals surface area contributed by atoms with Crippen LogP contribution in [0.2, 0.25) is 0 Å². The number of nitrogens with zero attached hydrogens (tertiary/aromatic N) is 1. The van der Waals surface area contributed by atoms with Crippen molar-refractivity contribution in [2.24, 2.45) is 11.7 Å². The Morgan fingerprint density at radius 1 is 1.31 bits per heavy atom. The highest BCUT2D eigenvalue weighted by Crippen LogP contribution is 2.30. The summed E-state index contributed by atoms with van der Waals surface area (Å²) in [6.07, 6.45) is -2.73. The normalized spacial score (nSPS) is 17.0. The molecule has 1 aliphatic heterocycles. The summed E-state index contributed by atoms with van der Waals surface area (Å²) in [4.78, 5) is 14.0. The van der Waals surface area contributed by atoms with Gasteiger partial charge in [-0.25, -0.2) is 0 Å². The fraction of sp³-hybridized carbons (Fsp3) is 0.588. The van der Waals surface area contributed by atoms with Crippen LogP contribution in [0.15, 0.2) is 24.3 Å². The molecule has 1 unspecified atom stereocenters. The van der Waals surface area contributed by atoms with Crippen LogP contribution < -0.4 is 11.1 Å². The molecule has 9 heteroatoms. The van der Waals surface area contributed by atoms with Crippen molar-refractivity contribution in [1.29, 1.82) is 0 Å². The van der Waals surface area contributed by atoms with Crippen LogP contribution in [0.3, 0.4) is 0 Å². The molecule has 26 heavy (non-hydrogen) atoms. The molecule has 0 aliphatic carbocycles. The lowest BCUT2D eigenvalue weighted by Gasteiger charge is -2.33. The minimum Gasteiger partial charge on any atom is -0.353 e. The van der Waals surface area contributed by atoms with E-state index >= 15 is 0 Å². The molecule has 1 saturated heterocycles. The molecular formula is C17H26Cl2F3N3O. The first-order valence-corrected chi connectivity index (χ1v) is 8.18. The quantitative estimate of drug-likeness (QED) is 0.775. The van der Waals surface area contributed by atoms with Crippen molar-refractivity contribution in [3.05, 3.63) is 35.4 Å². The Hall–Kier alpha value is -1.02. The molecule has 1 aromatic rings. The van der Waals surface area contributed by atoms with Crippen molar-refractivity contribution >= 4 is 30.7 Å². The van der Waals surface area contributed by atoms with Gasteiger partial charge in [0.1, 0.15) is 0 Å². The highest BCUT2D eigenvalue weighted by Gasteiger charge is 2.30. The van der Waals surface area contributed by atoms with E-state index < -0.39 is 11.7 Å². The van der Waals surface area contributed by atoms with E-state index in [-0.39, 0.29) is 42.7 Å². The molecule has 0 spiro atoms. The summed E-state index contributed by atoms with van der Waals surface area (Å²) in [6.45, 7) is 4.10. The van der Waals surface area contributed by atoms with Crippen molar-refractivity contribution < 1.29 is 18.0 Å². The Labute approximate surface area is 164 Å². The molecule has 1 fully saturated rings. The maximum absolute atomic E-state index is 12.8. The first-order valence-electron chi connectivity index (χ1n) is 8.18. The zero-order valence-electron chi connectivity index (χ0n) is 14.6. The topological polar surface area (TPSA) is 58.4 Å². The van der Waals surface area contributed by atoms with E-state index in [0.29, 0.717) is 18.7 Å².